The van der Waals surface area contributed by atoms with Gasteiger partial charge in [-0.05, 0) is 41.2 Å². The standard InChI is InChI=1S/C18H19FO2/c1-12(2)14-5-3-13(4-6-14)11-17(18(20)21)15-7-9-16(19)10-8-15/h3-10,12,17H,11H2,1-2H3,(H,20,21). The van der Waals surface area contributed by atoms with Crippen LogP contribution in [-0.2, 0) is 11.2 Å². The fourth-order valence-corrected chi connectivity index (χ4v) is 2.32. The maximum Gasteiger partial charge on any atom is 0.311 e. The Morgan fingerprint density at radius 2 is 1.52 bits per heavy atom. The molecule has 0 aliphatic carbocycles. The molecule has 21 heavy (non-hydrogen) atoms. The third kappa shape index (κ3) is 3.91. The lowest BCUT2D eigenvalue weighted by Crippen LogP contribution is -2.14. The average Bonchev–Trinajstić information content (AvgIpc) is 2.46. The van der Waals surface area contributed by atoms with E-state index in [0.717, 1.165) is 5.56 Å². The van der Waals surface area contributed by atoms with Crippen LogP contribution >= 0.6 is 0 Å². The average molecular weight is 286 g/mol. The number of hydrogen-bond acceptors (Lipinski definition) is 1. The Labute approximate surface area is 124 Å². The van der Waals surface area contributed by atoms with E-state index >= 15 is 0 Å². The first-order valence-corrected chi connectivity index (χ1v) is 7.04. The third-order valence-electron chi connectivity index (χ3n) is 3.66. The minimum atomic E-state index is -0.894. The minimum absolute atomic E-state index is 0.357. The Hall–Kier alpha value is -2.16. The number of carboxylic acid groups (broad SMARTS) is 1. The molecule has 1 unspecified atom stereocenters. The van der Waals surface area contributed by atoms with Crippen molar-refractivity contribution in [3.05, 3.63) is 71.0 Å². The van der Waals surface area contributed by atoms with Crippen molar-refractivity contribution in [2.45, 2.75) is 32.1 Å². The molecule has 110 valence electrons. The summed E-state index contributed by atoms with van der Waals surface area (Å²) in [7, 11) is 0. The number of halogens is 1. The summed E-state index contributed by atoms with van der Waals surface area (Å²) in [5.41, 5.74) is 2.82. The summed E-state index contributed by atoms with van der Waals surface area (Å²) >= 11 is 0. The van der Waals surface area contributed by atoms with Crippen molar-refractivity contribution in [2.24, 2.45) is 0 Å². The van der Waals surface area contributed by atoms with E-state index in [1.54, 1.807) is 0 Å². The Kier molecular flexibility index (Phi) is 4.73. The number of carbonyl (C=O) groups is 1. The highest BCUT2D eigenvalue weighted by Gasteiger charge is 2.20. The molecule has 0 heterocycles. The van der Waals surface area contributed by atoms with Crippen LogP contribution in [0, 0.1) is 5.82 Å². The zero-order valence-electron chi connectivity index (χ0n) is 12.2. The van der Waals surface area contributed by atoms with Crippen LogP contribution in [-0.4, -0.2) is 11.1 Å². The normalized spacial score (nSPS) is 12.4. The fourth-order valence-electron chi connectivity index (χ4n) is 2.32. The lowest BCUT2D eigenvalue weighted by atomic mass is 9.91. The number of carboxylic acids is 1. The van der Waals surface area contributed by atoms with Crippen molar-refractivity contribution in [1.82, 2.24) is 0 Å². The van der Waals surface area contributed by atoms with Gasteiger partial charge in [0.15, 0.2) is 0 Å². The molecule has 0 bridgehead atoms. The Balaban J connectivity index is 2.20. The zero-order chi connectivity index (χ0) is 15.4. The molecule has 0 fully saturated rings. The highest BCUT2D eigenvalue weighted by molar-refractivity contribution is 5.76. The largest absolute Gasteiger partial charge is 0.481 e. The molecule has 0 radical (unpaired) electrons. The van der Waals surface area contributed by atoms with Gasteiger partial charge in [0, 0.05) is 0 Å². The van der Waals surface area contributed by atoms with Gasteiger partial charge < -0.3 is 5.11 Å². The summed E-state index contributed by atoms with van der Waals surface area (Å²) in [5.74, 6) is -1.46. The third-order valence-corrected chi connectivity index (χ3v) is 3.66. The second kappa shape index (κ2) is 6.53. The molecule has 1 atom stereocenters. The van der Waals surface area contributed by atoms with Gasteiger partial charge in [0.1, 0.15) is 5.82 Å². The van der Waals surface area contributed by atoms with Gasteiger partial charge in [0.05, 0.1) is 5.92 Å². The van der Waals surface area contributed by atoms with Crippen molar-refractivity contribution >= 4 is 5.97 Å². The molecule has 2 aromatic rings. The van der Waals surface area contributed by atoms with Gasteiger partial charge in [0.25, 0.3) is 0 Å². The van der Waals surface area contributed by atoms with Crippen LogP contribution in [0.4, 0.5) is 4.39 Å². The molecule has 2 nitrogen and oxygen atoms in total. The predicted octanol–water partition coefficient (Wildman–Crippen LogP) is 4.36. The molecule has 0 aliphatic rings. The van der Waals surface area contributed by atoms with Crippen LogP contribution in [0.5, 0.6) is 0 Å². The lowest BCUT2D eigenvalue weighted by molar-refractivity contribution is -0.138. The number of aliphatic carboxylic acids is 1. The molecule has 0 aromatic heterocycles. The van der Waals surface area contributed by atoms with E-state index in [4.69, 9.17) is 0 Å². The van der Waals surface area contributed by atoms with Crippen molar-refractivity contribution in [3.8, 4) is 0 Å². The molecule has 0 saturated heterocycles. The molecular formula is C18H19FO2. The smallest absolute Gasteiger partial charge is 0.311 e. The quantitative estimate of drug-likeness (QED) is 0.886. The van der Waals surface area contributed by atoms with Gasteiger partial charge in [-0.2, -0.15) is 0 Å². The van der Waals surface area contributed by atoms with Crippen LogP contribution in [0.15, 0.2) is 48.5 Å². The van der Waals surface area contributed by atoms with Gasteiger partial charge in [0.2, 0.25) is 0 Å². The summed E-state index contributed by atoms with van der Waals surface area (Å²) in [4.78, 5) is 11.5. The second-order valence-electron chi connectivity index (χ2n) is 5.54. The second-order valence-corrected chi connectivity index (χ2v) is 5.54. The van der Waals surface area contributed by atoms with E-state index < -0.39 is 11.9 Å². The van der Waals surface area contributed by atoms with Crippen LogP contribution in [0.2, 0.25) is 0 Å². The Morgan fingerprint density at radius 3 is 2.00 bits per heavy atom. The van der Waals surface area contributed by atoms with E-state index in [1.807, 2.05) is 24.3 Å². The maximum absolute atomic E-state index is 13.0. The summed E-state index contributed by atoms with van der Waals surface area (Å²) in [6, 6.07) is 13.7. The van der Waals surface area contributed by atoms with Crippen molar-refractivity contribution in [1.29, 1.82) is 0 Å². The molecule has 2 rings (SSSR count). The monoisotopic (exact) mass is 286 g/mol. The lowest BCUT2D eigenvalue weighted by Gasteiger charge is -2.14. The minimum Gasteiger partial charge on any atom is -0.481 e. The molecule has 3 heteroatoms. The SMILES string of the molecule is CC(C)c1ccc(CC(C(=O)O)c2ccc(F)cc2)cc1. The first kappa shape index (κ1) is 15.2. The molecular weight excluding hydrogens is 267 g/mol. The van der Waals surface area contributed by atoms with E-state index in [0.29, 0.717) is 17.9 Å². The van der Waals surface area contributed by atoms with Gasteiger partial charge >= 0.3 is 5.97 Å². The van der Waals surface area contributed by atoms with E-state index in [-0.39, 0.29) is 5.82 Å². The Morgan fingerprint density at radius 1 is 1.00 bits per heavy atom. The fraction of sp³-hybridized carbons (Fsp3) is 0.278. The Bertz CT molecular complexity index is 600. The zero-order valence-corrected chi connectivity index (χ0v) is 12.2. The van der Waals surface area contributed by atoms with Crippen LogP contribution in [0.25, 0.3) is 0 Å². The van der Waals surface area contributed by atoms with Crippen molar-refractivity contribution in [2.75, 3.05) is 0 Å². The van der Waals surface area contributed by atoms with Crippen LogP contribution < -0.4 is 0 Å². The number of hydrogen-bond donors (Lipinski definition) is 1. The van der Waals surface area contributed by atoms with E-state index in [9.17, 15) is 14.3 Å². The highest BCUT2D eigenvalue weighted by atomic mass is 19.1. The van der Waals surface area contributed by atoms with Gasteiger partial charge in [-0.25, -0.2) is 4.39 Å². The molecule has 0 aliphatic heterocycles. The van der Waals surface area contributed by atoms with Gasteiger partial charge in [-0.3, -0.25) is 4.79 Å². The first-order chi connectivity index (χ1) is 9.97. The summed E-state index contributed by atoms with van der Waals surface area (Å²) < 4.78 is 13.0. The first-order valence-electron chi connectivity index (χ1n) is 7.04. The highest BCUT2D eigenvalue weighted by Crippen LogP contribution is 2.23. The van der Waals surface area contributed by atoms with Gasteiger partial charge in [-0.1, -0.05) is 50.2 Å². The summed E-state index contributed by atoms with van der Waals surface area (Å²) in [6.07, 6.45) is 0.402. The molecule has 0 saturated carbocycles. The summed E-state index contributed by atoms with van der Waals surface area (Å²) in [5, 5.41) is 9.41. The molecule has 0 spiro atoms. The van der Waals surface area contributed by atoms with E-state index in [1.165, 1.54) is 29.8 Å². The molecule has 2 aromatic carbocycles. The number of rotatable bonds is 5. The predicted molar refractivity (Wildman–Crippen MR) is 81.0 cm³/mol. The molecule has 0 amide bonds. The van der Waals surface area contributed by atoms with Crippen LogP contribution in [0.1, 0.15) is 42.4 Å². The van der Waals surface area contributed by atoms with Crippen molar-refractivity contribution in [3.63, 3.8) is 0 Å². The molecule has 1 N–H and O–H groups in total. The van der Waals surface area contributed by atoms with E-state index in [2.05, 4.69) is 13.8 Å². The van der Waals surface area contributed by atoms with Crippen LogP contribution in [0.3, 0.4) is 0 Å². The topological polar surface area (TPSA) is 37.3 Å². The maximum atomic E-state index is 13.0. The van der Waals surface area contributed by atoms with Crippen molar-refractivity contribution < 1.29 is 14.3 Å². The van der Waals surface area contributed by atoms with Gasteiger partial charge in [-0.15, -0.1) is 0 Å². The number of benzene rings is 2. The summed E-state index contributed by atoms with van der Waals surface area (Å²) in [6.45, 7) is 4.24.